The highest BCUT2D eigenvalue weighted by molar-refractivity contribution is 5.96. The van der Waals surface area contributed by atoms with E-state index in [-0.39, 0.29) is 18.0 Å². The summed E-state index contributed by atoms with van der Waals surface area (Å²) in [6.45, 7) is 2.10. The van der Waals surface area contributed by atoms with E-state index in [1.165, 1.54) is 0 Å². The van der Waals surface area contributed by atoms with Crippen molar-refractivity contribution in [3.8, 4) is 0 Å². The maximum absolute atomic E-state index is 13.3. The summed E-state index contributed by atoms with van der Waals surface area (Å²) in [5, 5.41) is 0. The predicted octanol–water partition coefficient (Wildman–Crippen LogP) is 3.66. The summed E-state index contributed by atoms with van der Waals surface area (Å²) in [6, 6.07) is 2.84. The van der Waals surface area contributed by atoms with E-state index in [2.05, 4.69) is 0 Å². The van der Waals surface area contributed by atoms with Gasteiger partial charge in [0.1, 0.15) is 11.6 Å². The second kappa shape index (κ2) is 8.40. The smallest absolute Gasteiger partial charge is 0.305 e. The first kappa shape index (κ1) is 16.3. The quantitative estimate of drug-likeness (QED) is 0.415. The lowest BCUT2D eigenvalue weighted by Crippen LogP contribution is -2.05. The molecular weight excluding hydrogens is 266 g/mol. The largest absolute Gasteiger partial charge is 0.466 e. The molecule has 20 heavy (non-hydrogen) atoms. The van der Waals surface area contributed by atoms with Gasteiger partial charge in [-0.05, 0) is 38.0 Å². The van der Waals surface area contributed by atoms with E-state index in [0.717, 1.165) is 18.2 Å². The van der Waals surface area contributed by atoms with E-state index in [1.54, 1.807) is 6.92 Å². The van der Waals surface area contributed by atoms with Gasteiger partial charge in [-0.2, -0.15) is 0 Å². The Balaban J connectivity index is 2.30. The summed E-state index contributed by atoms with van der Waals surface area (Å²) in [4.78, 5) is 22.8. The molecule has 0 unspecified atom stereocenters. The Labute approximate surface area is 116 Å². The van der Waals surface area contributed by atoms with E-state index in [1.807, 2.05) is 0 Å². The van der Waals surface area contributed by atoms with Crippen molar-refractivity contribution in [1.82, 2.24) is 0 Å². The number of benzene rings is 1. The number of ether oxygens (including phenoxy) is 1. The highest BCUT2D eigenvalue weighted by Gasteiger charge is 2.12. The van der Waals surface area contributed by atoms with Gasteiger partial charge in [-0.15, -0.1) is 0 Å². The molecule has 0 atom stereocenters. The fourth-order valence-corrected chi connectivity index (χ4v) is 1.81. The fraction of sp³-hybridized carbons (Fsp3) is 0.467. The molecule has 0 aliphatic heterocycles. The number of halogens is 2. The van der Waals surface area contributed by atoms with Gasteiger partial charge in [-0.25, -0.2) is 8.78 Å². The molecule has 0 aliphatic carbocycles. The van der Waals surface area contributed by atoms with Crippen molar-refractivity contribution >= 4 is 11.8 Å². The summed E-state index contributed by atoms with van der Waals surface area (Å²) in [5.41, 5.74) is -0.213. The number of ketones is 1. The van der Waals surface area contributed by atoms with Crippen LogP contribution in [0.1, 0.15) is 49.4 Å². The second-order valence-corrected chi connectivity index (χ2v) is 4.41. The summed E-state index contributed by atoms with van der Waals surface area (Å²) in [6.07, 6.45) is 2.28. The molecule has 1 aromatic rings. The molecule has 110 valence electrons. The van der Waals surface area contributed by atoms with Crippen molar-refractivity contribution in [2.45, 2.75) is 39.0 Å². The molecule has 1 rings (SSSR count). The van der Waals surface area contributed by atoms with E-state index < -0.39 is 17.4 Å². The van der Waals surface area contributed by atoms with Gasteiger partial charge in [0.25, 0.3) is 0 Å². The van der Waals surface area contributed by atoms with E-state index >= 15 is 0 Å². The first-order valence-electron chi connectivity index (χ1n) is 6.68. The topological polar surface area (TPSA) is 43.4 Å². The Morgan fingerprint density at radius 3 is 2.50 bits per heavy atom. The number of hydrogen-bond acceptors (Lipinski definition) is 3. The first-order chi connectivity index (χ1) is 9.54. The van der Waals surface area contributed by atoms with Crippen LogP contribution in [0, 0.1) is 11.6 Å². The fourth-order valence-electron chi connectivity index (χ4n) is 1.81. The number of carbonyl (C=O) groups is 2. The van der Waals surface area contributed by atoms with Crippen LogP contribution in [0.5, 0.6) is 0 Å². The highest BCUT2D eigenvalue weighted by Crippen LogP contribution is 2.14. The van der Waals surface area contributed by atoms with Crippen molar-refractivity contribution in [3.63, 3.8) is 0 Å². The Morgan fingerprint density at radius 1 is 1.10 bits per heavy atom. The van der Waals surface area contributed by atoms with Crippen molar-refractivity contribution in [1.29, 1.82) is 0 Å². The molecule has 0 fully saturated rings. The van der Waals surface area contributed by atoms with Crippen LogP contribution in [0.4, 0.5) is 8.78 Å². The number of carbonyl (C=O) groups excluding carboxylic acids is 2. The number of Topliss-reactive ketones (excluding diaryl/α,β-unsaturated/α-hetero) is 1. The summed E-state index contributed by atoms with van der Waals surface area (Å²) in [5.74, 6) is -2.01. The van der Waals surface area contributed by atoms with Crippen molar-refractivity contribution < 1.29 is 23.1 Å². The maximum Gasteiger partial charge on any atom is 0.305 e. The molecule has 0 aliphatic rings. The average Bonchev–Trinajstić information content (AvgIpc) is 2.41. The van der Waals surface area contributed by atoms with Crippen LogP contribution in [0.15, 0.2) is 18.2 Å². The van der Waals surface area contributed by atoms with Gasteiger partial charge in [0, 0.05) is 12.8 Å². The zero-order valence-electron chi connectivity index (χ0n) is 11.5. The molecular formula is C15H18F2O3. The SMILES string of the molecule is CCOC(=O)CCCCCC(=O)c1cc(F)ccc1F. The van der Waals surface area contributed by atoms with Gasteiger partial charge in [0.2, 0.25) is 0 Å². The van der Waals surface area contributed by atoms with Crippen LogP contribution in [-0.4, -0.2) is 18.4 Å². The Bertz CT molecular complexity index is 472. The Morgan fingerprint density at radius 2 is 1.80 bits per heavy atom. The zero-order valence-corrected chi connectivity index (χ0v) is 11.5. The molecule has 3 nitrogen and oxygen atoms in total. The van der Waals surface area contributed by atoms with Crippen LogP contribution in [-0.2, 0) is 9.53 Å². The molecule has 5 heteroatoms. The van der Waals surface area contributed by atoms with Crippen LogP contribution in [0.25, 0.3) is 0 Å². The molecule has 0 aromatic heterocycles. The number of esters is 1. The molecule has 0 saturated heterocycles. The summed E-state index contributed by atoms with van der Waals surface area (Å²) >= 11 is 0. The van der Waals surface area contributed by atoms with Crippen LogP contribution >= 0.6 is 0 Å². The van der Waals surface area contributed by atoms with Crippen LogP contribution in [0.3, 0.4) is 0 Å². The molecule has 0 N–H and O–H groups in total. The Hall–Kier alpha value is -1.78. The molecule has 0 heterocycles. The lowest BCUT2D eigenvalue weighted by atomic mass is 10.0. The minimum absolute atomic E-state index is 0.142. The minimum Gasteiger partial charge on any atom is -0.466 e. The summed E-state index contributed by atoms with van der Waals surface area (Å²) < 4.78 is 31.0. The number of rotatable bonds is 8. The third-order valence-corrected chi connectivity index (χ3v) is 2.82. The van der Waals surface area contributed by atoms with E-state index in [0.29, 0.717) is 32.3 Å². The average molecular weight is 284 g/mol. The maximum atomic E-state index is 13.3. The standard InChI is InChI=1S/C15H18F2O3/c1-2-20-15(19)7-5-3-4-6-14(18)12-10-11(16)8-9-13(12)17/h8-10H,2-7H2,1H3. The summed E-state index contributed by atoms with van der Waals surface area (Å²) in [7, 11) is 0. The van der Waals surface area contributed by atoms with Crippen molar-refractivity contribution in [2.75, 3.05) is 6.61 Å². The van der Waals surface area contributed by atoms with Crippen LogP contribution < -0.4 is 0 Å². The third-order valence-electron chi connectivity index (χ3n) is 2.82. The van der Waals surface area contributed by atoms with Gasteiger partial charge in [-0.1, -0.05) is 6.42 Å². The first-order valence-corrected chi connectivity index (χ1v) is 6.68. The normalized spacial score (nSPS) is 10.3. The van der Waals surface area contributed by atoms with Gasteiger partial charge >= 0.3 is 5.97 Å². The van der Waals surface area contributed by atoms with E-state index in [4.69, 9.17) is 4.74 Å². The molecule has 0 saturated carbocycles. The van der Waals surface area contributed by atoms with Gasteiger partial charge < -0.3 is 4.74 Å². The number of hydrogen-bond donors (Lipinski definition) is 0. The number of unbranched alkanes of at least 4 members (excludes halogenated alkanes) is 2. The molecule has 0 amide bonds. The predicted molar refractivity (Wildman–Crippen MR) is 70.4 cm³/mol. The minimum atomic E-state index is -0.706. The molecule has 0 spiro atoms. The molecule has 0 radical (unpaired) electrons. The molecule has 1 aromatic carbocycles. The van der Waals surface area contributed by atoms with Crippen molar-refractivity contribution in [3.05, 3.63) is 35.4 Å². The van der Waals surface area contributed by atoms with Gasteiger partial charge in [0.05, 0.1) is 12.2 Å². The lowest BCUT2D eigenvalue weighted by molar-refractivity contribution is -0.143. The van der Waals surface area contributed by atoms with Crippen LogP contribution in [0.2, 0.25) is 0 Å². The lowest BCUT2D eigenvalue weighted by Gasteiger charge is -2.04. The van der Waals surface area contributed by atoms with Gasteiger partial charge in [-0.3, -0.25) is 9.59 Å². The zero-order chi connectivity index (χ0) is 15.0. The van der Waals surface area contributed by atoms with Crippen molar-refractivity contribution in [2.24, 2.45) is 0 Å². The van der Waals surface area contributed by atoms with Gasteiger partial charge in [0.15, 0.2) is 5.78 Å². The van der Waals surface area contributed by atoms with E-state index in [9.17, 15) is 18.4 Å². The highest BCUT2D eigenvalue weighted by atomic mass is 19.1. The monoisotopic (exact) mass is 284 g/mol. The molecule has 0 bridgehead atoms. The second-order valence-electron chi connectivity index (χ2n) is 4.41. The third kappa shape index (κ3) is 5.47. The Kier molecular flexibility index (Phi) is 6.84.